The number of nitrogens with one attached hydrogen (secondary N) is 1. The van der Waals surface area contributed by atoms with E-state index < -0.39 is 18.3 Å². The van der Waals surface area contributed by atoms with Crippen LogP contribution in [0, 0.1) is 0 Å². The molecule has 2 aliphatic heterocycles. The number of β-amino-alcohol motifs (C(OH)–C–C–N with tert-alkyl or cyclic N) is 1. The third-order valence-corrected chi connectivity index (χ3v) is 6.06. The third-order valence-electron chi connectivity index (χ3n) is 6.06. The van der Waals surface area contributed by atoms with Crippen molar-refractivity contribution < 1.29 is 32.6 Å². The first-order valence-electron chi connectivity index (χ1n) is 10.2. The van der Waals surface area contributed by atoms with E-state index in [2.05, 4.69) is 10.3 Å². The number of nitrogens with zero attached hydrogens (tertiary/aromatic N) is 3. The Bertz CT molecular complexity index is 771. The molecule has 1 aromatic heterocycles. The summed E-state index contributed by atoms with van der Waals surface area (Å²) in [5.74, 6) is 0.553. The standard InChI is InChI=1S/C20H27F3N4O4/c1-24-16(11-31-13-28)3-5-18(29)27-9-15(10-27)14-2-4-17(25-8-14)26-7-6-19(30,12-26)20(21,22)23/h2,4,8,13,15-16,24,30H,3,5-7,9-12H2,1H3. The predicted octanol–water partition coefficient (Wildman–Crippen LogP) is 1.05. The summed E-state index contributed by atoms with van der Waals surface area (Å²) in [7, 11) is 1.74. The first kappa shape index (κ1) is 23.3. The fourth-order valence-corrected chi connectivity index (χ4v) is 3.86. The number of likely N-dealkylation sites (N-methyl/N-ethyl adjacent to an activating group) is 1. The zero-order chi connectivity index (χ0) is 22.6. The van der Waals surface area contributed by atoms with Gasteiger partial charge in [0.05, 0.1) is 6.54 Å². The topological polar surface area (TPSA) is 95.0 Å². The van der Waals surface area contributed by atoms with Crippen molar-refractivity contribution in [2.24, 2.45) is 0 Å². The maximum Gasteiger partial charge on any atom is 0.418 e. The van der Waals surface area contributed by atoms with Gasteiger partial charge < -0.3 is 25.0 Å². The summed E-state index contributed by atoms with van der Waals surface area (Å²) in [6.07, 6.45) is -2.52. The summed E-state index contributed by atoms with van der Waals surface area (Å²) in [5.41, 5.74) is -1.78. The van der Waals surface area contributed by atoms with Gasteiger partial charge in [-0.1, -0.05) is 6.07 Å². The molecule has 0 radical (unpaired) electrons. The average molecular weight is 444 g/mol. The third kappa shape index (κ3) is 5.27. The van der Waals surface area contributed by atoms with Crippen LogP contribution >= 0.6 is 0 Å². The molecule has 31 heavy (non-hydrogen) atoms. The summed E-state index contributed by atoms with van der Waals surface area (Å²) in [5, 5.41) is 12.8. The largest absolute Gasteiger partial charge is 0.466 e. The highest BCUT2D eigenvalue weighted by atomic mass is 19.4. The molecule has 2 fully saturated rings. The number of hydrogen-bond acceptors (Lipinski definition) is 7. The minimum atomic E-state index is -4.67. The van der Waals surface area contributed by atoms with Gasteiger partial charge >= 0.3 is 6.18 Å². The molecule has 8 nitrogen and oxygen atoms in total. The number of alkyl halides is 3. The van der Waals surface area contributed by atoms with Crippen LogP contribution in [-0.2, 0) is 14.3 Å². The SMILES string of the molecule is CNC(CCC(=O)N1CC(c2ccc(N3CCC(O)(C(F)(F)F)C3)nc2)C1)COC=O. The molecule has 0 bridgehead atoms. The molecule has 1 amide bonds. The lowest BCUT2D eigenvalue weighted by Gasteiger charge is -2.39. The summed E-state index contributed by atoms with van der Waals surface area (Å²) >= 11 is 0. The Labute approximate surface area is 178 Å². The summed E-state index contributed by atoms with van der Waals surface area (Å²) < 4.78 is 43.7. The number of carbonyl (C=O) groups is 2. The second-order valence-corrected chi connectivity index (χ2v) is 8.10. The summed E-state index contributed by atoms with van der Waals surface area (Å²) in [6, 6.07) is 3.39. The van der Waals surface area contributed by atoms with Gasteiger partial charge in [-0.2, -0.15) is 13.2 Å². The number of pyridine rings is 1. The normalized spacial score (nSPS) is 22.9. The molecule has 2 saturated heterocycles. The molecule has 2 atom stereocenters. The minimum Gasteiger partial charge on any atom is -0.466 e. The van der Waals surface area contributed by atoms with Gasteiger partial charge in [0, 0.05) is 50.6 Å². The molecule has 172 valence electrons. The molecule has 0 saturated carbocycles. The van der Waals surface area contributed by atoms with E-state index in [9.17, 15) is 27.9 Å². The maximum absolute atomic E-state index is 13.0. The van der Waals surface area contributed by atoms with E-state index >= 15 is 0 Å². The van der Waals surface area contributed by atoms with Crippen LogP contribution in [0.1, 0.15) is 30.7 Å². The molecule has 0 aliphatic carbocycles. The fraction of sp³-hybridized carbons (Fsp3) is 0.650. The van der Waals surface area contributed by atoms with Crippen LogP contribution in [0.3, 0.4) is 0 Å². The number of carbonyl (C=O) groups excluding carboxylic acids is 2. The van der Waals surface area contributed by atoms with Gasteiger partial charge in [-0.15, -0.1) is 0 Å². The van der Waals surface area contributed by atoms with Crippen LogP contribution < -0.4 is 10.2 Å². The van der Waals surface area contributed by atoms with Crippen molar-refractivity contribution in [3.63, 3.8) is 0 Å². The van der Waals surface area contributed by atoms with Gasteiger partial charge in [0.1, 0.15) is 12.4 Å². The Kier molecular flexibility index (Phi) is 7.05. The molecule has 1 aromatic rings. The Morgan fingerprint density at radius 2 is 2.19 bits per heavy atom. The van der Waals surface area contributed by atoms with Gasteiger partial charge in [0.25, 0.3) is 6.47 Å². The monoisotopic (exact) mass is 444 g/mol. The lowest BCUT2D eigenvalue weighted by Crippen LogP contribution is -2.49. The number of amides is 1. The van der Waals surface area contributed by atoms with Gasteiger partial charge in [-0.3, -0.25) is 9.59 Å². The van der Waals surface area contributed by atoms with E-state index in [-0.39, 0.29) is 37.4 Å². The quantitative estimate of drug-likeness (QED) is 0.550. The zero-order valence-corrected chi connectivity index (χ0v) is 17.3. The maximum atomic E-state index is 13.0. The van der Waals surface area contributed by atoms with Crippen molar-refractivity contribution in [1.29, 1.82) is 0 Å². The van der Waals surface area contributed by atoms with Crippen LogP contribution in [0.2, 0.25) is 0 Å². The molecule has 0 spiro atoms. The molecule has 2 unspecified atom stereocenters. The van der Waals surface area contributed by atoms with E-state index in [0.29, 0.717) is 38.2 Å². The molecule has 2 aliphatic rings. The lowest BCUT2D eigenvalue weighted by atomic mass is 9.92. The van der Waals surface area contributed by atoms with Crippen molar-refractivity contribution in [3.8, 4) is 0 Å². The lowest BCUT2D eigenvalue weighted by molar-refractivity contribution is -0.250. The van der Waals surface area contributed by atoms with E-state index in [0.717, 1.165) is 5.56 Å². The Morgan fingerprint density at radius 3 is 2.74 bits per heavy atom. The van der Waals surface area contributed by atoms with Gasteiger partial charge in [-0.05, 0) is 25.1 Å². The van der Waals surface area contributed by atoms with E-state index in [1.807, 2.05) is 6.07 Å². The number of rotatable bonds is 9. The number of aliphatic hydroxyl groups is 1. The zero-order valence-electron chi connectivity index (χ0n) is 17.3. The number of likely N-dealkylation sites (tertiary alicyclic amines) is 1. The van der Waals surface area contributed by atoms with Crippen molar-refractivity contribution in [2.75, 3.05) is 44.7 Å². The Balaban J connectivity index is 1.46. The highest BCUT2D eigenvalue weighted by molar-refractivity contribution is 5.77. The number of ether oxygens (including phenoxy) is 1. The first-order valence-corrected chi connectivity index (χ1v) is 10.2. The average Bonchev–Trinajstić information content (AvgIpc) is 3.11. The number of aromatic nitrogens is 1. The van der Waals surface area contributed by atoms with E-state index in [4.69, 9.17) is 4.74 Å². The summed E-state index contributed by atoms with van der Waals surface area (Å²) in [6.45, 7) is 1.27. The fourth-order valence-electron chi connectivity index (χ4n) is 3.86. The highest BCUT2D eigenvalue weighted by Gasteiger charge is 2.57. The molecular formula is C20H27F3N4O4. The number of halogens is 3. The van der Waals surface area contributed by atoms with Crippen molar-refractivity contribution in [1.82, 2.24) is 15.2 Å². The Morgan fingerprint density at radius 1 is 1.45 bits per heavy atom. The van der Waals surface area contributed by atoms with Crippen molar-refractivity contribution in [2.45, 2.75) is 43.0 Å². The van der Waals surface area contributed by atoms with Gasteiger partial charge in [-0.25, -0.2) is 4.98 Å². The number of anilines is 1. The molecule has 0 aromatic carbocycles. The van der Waals surface area contributed by atoms with E-state index in [1.54, 1.807) is 24.2 Å². The molecule has 3 heterocycles. The predicted molar refractivity (Wildman–Crippen MR) is 105 cm³/mol. The number of hydrogen-bond donors (Lipinski definition) is 2. The smallest absolute Gasteiger partial charge is 0.418 e. The van der Waals surface area contributed by atoms with Crippen molar-refractivity contribution in [3.05, 3.63) is 23.9 Å². The highest BCUT2D eigenvalue weighted by Crippen LogP contribution is 2.39. The first-order chi connectivity index (χ1) is 14.7. The molecule has 11 heteroatoms. The summed E-state index contributed by atoms with van der Waals surface area (Å²) in [4.78, 5) is 30.0. The van der Waals surface area contributed by atoms with Crippen molar-refractivity contribution >= 4 is 18.2 Å². The second-order valence-electron chi connectivity index (χ2n) is 8.10. The van der Waals surface area contributed by atoms with Crippen LogP contribution in [0.5, 0.6) is 0 Å². The van der Waals surface area contributed by atoms with Gasteiger partial charge in [0.2, 0.25) is 5.91 Å². The Hall–Kier alpha value is -2.40. The van der Waals surface area contributed by atoms with Crippen LogP contribution in [0.25, 0.3) is 0 Å². The second kappa shape index (κ2) is 9.39. The van der Waals surface area contributed by atoms with Crippen LogP contribution in [-0.4, -0.2) is 85.0 Å². The minimum absolute atomic E-state index is 0.0238. The van der Waals surface area contributed by atoms with E-state index in [1.165, 1.54) is 4.90 Å². The van der Waals surface area contributed by atoms with Crippen LogP contribution in [0.4, 0.5) is 19.0 Å². The van der Waals surface area contributed by atoms with Crippen LogP contribution in [0.15, 0.2) is 18.3 Å². The molecular weight excluding hydrogens is 417 g/mol. The van der Waals surface area contributed by atoms with Gasteiger partial charge in [0.15, 0.2) is 5.60 Å². The molecule has 2 N–H and O–H groups in total. The molecule has 3 rings (SSSR count).